The fraction of sp³-hybridized carbons (Fsp3) is 0.444. The molecular formula is C18H26N4O2. The molecule has 2 N–H and O–H groups in total. The van der Waals surface area contributed by atoms with Gasteiger partial charge < -0.3 is 10.4 Å². The first-order valence-corrected chi connectivity index (χ1v) is 8.12. The van der Waals surface area contributed by atoms with E-state index in [4.69, 9.17) is 5.11 Å². The molecule has 0 bridgehead atoms. The number of aliphatic hydroxyl groups excluding tert-OH is 1. The molecule has 6 nitrogen and oxygen atoms in total. The lowest BCUT2D eigenvalue weighted by atomic mass is 10.2. The van der Waals surface area contributed by atoms with Gasteiger partial charge in [0.1, 0.15) is 0 Å². The Morgan fingerprint density at radius 1 is 1.33 bits per heavy atom. The van der Waals surface area contributed by atoms with Crippen LogP contribution in [0, 0.1) is 13.8 Å². The van der Waals surface area contributed by atoms with Crippen molar-refractivity contribution in [3.63, 3.8) is 0 Å². The summed E-state index contributed by atoms with van der Waals surface area (Å²) in [5, 5.41) is 16.6. The largest absolute Gasteiger partial charge is 0.395 e. The second-order valence-electron chi connectivity index (χ2n) is 6.12. The lowest BCUT2D eigenvalue weighted by molar-refractivity contribution is -0.122. The third-order valence-electron chi connectivity index (χ3n) is 4.31. The zero-order valence-electron chi connectivity index (χ0n) is 14.8. The molecule has 1 aromatic heterocycles. The van der Waals surface area contributed by atoms with E-state index in [-0.39, 0.29) is 25.1 Å². The van der Waals surface area contributed by atoms with Gasteiger partial charge >= 0.3 is 0 Å². The predicted octanol–water partition coefficient (Wildman–Crippen LogP) is 1.42. The van der Waals surface area contributed by atoms with Gasteiger partial charge in [-0.25, -0.2) is 4.68 Å². The Bertz CT molecular complexity index is 682. The van der Waals surface area contributed by atoms with E-state index in [1.54, 1.807) is 0 Å². The van der Waals surface area contributed by atoms with Gasteiger partial charge in [0.25, 0.3) is 0 Å². The van der Waals surface area contributed by atoms with E-state index >= 15 is 0 Å². The quantitative estimate of drug-likeness (QED) is 0.805. The van der Waals surface area contributed by atoms with Gasteiger partial charge in [-0.05, 0) is 40.0 Å². The number of aromatic nitrogens is 2. The van der Waals surface area contributed by atoms with Gasteiger partial charge in [0, 0.05) is 23.8 Å². The number of aliphatic hydroxyl groups is 1. The molecule has 1 heterocycles. The molecule has 1 aromatic carbocycles. The van der Waals surface area contributed by atoms with Crippen LogP contribution in [0.5, 0.6) is 0 Å². The Morgan fingerprint density at radius 3 is 2.62 bits per heavy atom. The third kappa shape index (κ3) is 4.21. The average molecular weight is 330 g/mol. The van der Waals surface area contributed by atoms with Crippen molar-refractivity contribution in [2.75, 3.05) is 20.2 Å². The highest BCUT2D eigenvalue weighted by molar-refractivity contribution is 5.78. The summed E-state index contributed by atoms with van der Waals surface area (Å²) in [5.41, 5.74) is 3.97. The Hall–Kier alpha value is -2.18. The highest BCUT2D eigenvalue weighted by atomic mass is 16.3. The number of carbonyl (C=O) groups excluding carboxylic acids is 1. The molecule has 2 rings (SSSR count). The number of para-hydroxylation sites is 1. The molecular weight excluding hydrogens is 304 g/mol. The highest BCUT2D eigenvalue weighted by Gasteiger charge is 2.15. The fourth-order valence-corrected chi connectivity index (χ4v) is 2.52. The molecule has 130 valence electrons. The van der Waals surface area contributed by atoms with E-state index in [2.05, 4.69) is 10.4 Å². The summed E-state index contributed by atoms with van der Waals surface area (Å²) in [5.74, 6) is -0.0657. The molecule has 6 heteroatoms. The molecule has 0 aliphatic rings. The summed E-state index contributed by atoms with van der Waals surface area (Å²) in [6, 6.07) is 9.90. The first-order chi connectivity index (χ1) is 11.4. The van der Waals surface area contributed by atoms with Gasteiger partial charge in [0.15, 0.2) is 0 Å². The second kappa shape index (κ2) is 8.08. The molecule has 1 atom stereocenters. The highest BCUT2D eigenvalue weighted by Crippen LogP contribution is 2.17. The number of aryl methyl sites for hydroxylation is 1. The fourth-order valence-electron chi connectivity index (χ4n) is 2.52. The molecule has 1 amide bonds. The van der Waals surface area contributed by atoms with Crippen LogP contribution >= 0.6 is 0 Å². The summed E-state index contributed by atoms with van der Waals surface area (Å²) in [7, 11) is 1.82. The molecule has 0 aliphatic heterocycles. The summed E-state index contributed by atoms with van der Waals surface area (Å²) in [6.45, 7) is 6.58. The number of hydrogen-bond donors (Lipinski definition) is 2. The molecule has 0 fully saturated rings. The molecule has 0 spiro atoms. The number of benzene rings is 1. The Morgan fingerprint density at radius 2 is 2.00 bits per heavy atom. The maximum atomic E-state index is 12.1. The lowest BCUT2D eigenvalue weighted by Gasteiger charge is -2.21. The molecule has 0 saturated carbocycles. The van der Waals surface area contributed by atoms with E-state index in [1.165, 1.54) is 0 Å². The monoisotopic (exact) mass is 330 g/mol. The smallest absolute Gasteiger partial charge is 0.234 e. The molecule has 2 aromatic rings. The van der Waals surface area contributed by atoms with Crippen molar-refractivity contribution in [1.82, 2.24) is 20.0 Å². The zero-order chi connectivity index (χ0) is 17.7. The van der Waals surface area contributed by atoms with Crippen LogP contribution in [0.25, 0.3) is 5.69 Å². The Balaban J connectivity index is 2.03. The number of nitrogens with one attached hydrogen (secondary N) is 1. The van der Waals surface area contributed by atoms with Gasteiger partial charge in [-0.2, -0.15) is 5.10 Å². The van der Waals surface area contributed by atoms with E-state index < -0.39 is 0 Å². The number of carbonyl (C=O) groups is 1. The first-order valence-electron chi connectivity index (χ1n) is 8.12. The predicted molar refractivity (Wildman–Crippen MR) is 94.1 cm³/mol. The van der Waals surface area contributed by atoms with Crippen LogP contribution in [-0.4, -0.2) is 51.9 Å². The van der Waals surface area contributed by atoms with Crippen LogP contribution in [0.3, 0.4) is 0 Å². The van der Waals surface area contributed by atoms with Crippen LogP contribution in [0.1, 0.15) is 23.9 Å². The number of rotatable bonds is 7. The van der Waals surface area contributed by atoms with Crippen LogP contribution in [0.2, 0.25) is 0 Å². The summed E-state index contributed by atoms with van der Waals surface area (Å²) < 4.78 is 1.90. The van der Waals surface area contributed by atoms with Crippen molar-refractivity contribution >= 4 is 5.91 Å². The van der Waals surface area contributed by atoms with Crippen molar-refractivity contribution in [3.05, 3.63) is 47.3 Å². The molecule has 0 aliphatic carbocycles. The maximum Gasteiger partial charge on any atom is 0.234 e. The summed E-state index contributed by atoms with van der Waals surface area (Å²) in [4.78, 5) is 13.9. The molecule has 24 heavy (non-hydrogen) atoms. The topological polar surface area (TPSA) is 70.4 Å². The van der Waals surface area contributed by atoms with Gasteiger partial charge in [0.05, 0.1) is 24.5 Å². The van der Waals surface area contributed by atoms with Crippen molar-refractivity contribution in [1.29, 1.82) is 0 Å². The minimum Gasteiger partial charge on any atom is -0.395 e. The van der Waals surface area contributed by atoms with E-state index in [0.29, 0.717) is 6.54 Å². The minimum absolute atomic E-state index is 0.0336. The first kappa shape index (κ1) is 18.2. The van der Waals surface area contributed by atoms with Gasteiger partial charge in [-0.15, -0.1) is 0 Å². The minimum atomic E-state index is -0.0657. The third-order valence-corrected chi connectivity index (χ3v) is 4.31. The van der Waals surface area contributed by atoms with Crippen LogP contribution in [0.15, 0.2) is 30.3 Å². The number of nitrogens with zero attached hydrogens (tertiary/aromatic N) is 3. The summed E-state index contributed by atoms with van der Waals surface area (Å²) >= 11 is 0. The van der Waals surface area contributed by atoms with Crippen LogP contribution in [0.4, 0.5) is 0 Å². The Kier molecular flexibility index (Phi) is 6.11. The van der Waals surface area contributed by atoms with Crippen molar-refractivity contribution in [2.45, 2.75) is 33.4 Å². The molecule has 1 unspecified atom stereocenters. The number of hydrogen-bond acceptors (Lipinski definition) is 4. The summed E-state index contributed by atoms with van der Waals surface area (Å²) in [6.07, 6.45) is 0. The zero-order valence-corrected chi connectivity index (χ0v) is 14.8. The molecule has 0 saturated heterocycles. The van der Waals surface area contributed by atoms with Gasteiger partial charge in [0.2, 0.25) is 5.91 Å². The average Bonchev–Trinajstić information content (AvgIpc) is 2.87. The maximum absolute atomic E-state index is 12.1. The second-order valence-corrected chi connectivity index (χ2v) is 6.12. The SMILES string of the molecule is Cc1nn(-c2ccccc2)c(C)c1CNC(=O)CN(C)C(C)CO. The van der Waals surface area contributed by atoms with Crippen LogP contribution < -0.4 is 5.32 Å². The normalized spacial score (nSPS) is 12.4. The van der Waals surface area contributed by atoms with E-state index in [9.17, 15) is 4.79 Å². The van der Waals surface area contributed by atoms with Gasteiger partial charge in [-0.1, -0.05) is 18.2 Å². The lowest BCUT2D eigenvalue weighted by Crippen LogP contribution is -2.40. The standard InChI is InChI=1S/C18H26N4O2/c1-13(12-23)21(4)11-18(24)19-10-17-14(2)20-22(15(17)3)16-8-6-5-7-9-16/h5-9,13,23H,10-12H2,1-4H3,(H,19,24). The van der Waals surface area contributed by atoms with Gasteiger partial charge in [-0.3, -0.25) is 9.69 Å². The number of amides is 1. The Labute approximate surface area is 143 Å². The van der Waals surface area contributed by atoms with E-state index in [0.717, 1.165) is 22.6 Å². The van der Waals surface area contributed by atoms with Crippen molar-refractivity contribution in [2.24, 2.45) is 0 Å². The van der Waals surface area contributed by atoms with Crippen molar-refractivity contribution < 1.29 is 9.90 Å². The number of likely N-dealkylation sites (N-methyl/N-ethyl adjacent to an activating group) is 1. The molecule has 0 radical (unpaired) electrons. The van der Waals surface area contributed by atoms with Crippen LogP contribution in [-0.2, 0) is 11.3 Å². The van der Waals surface area contributed by atoms with Crippen molar-refractivity contribution in [3.8, 4) is 5.69 Å². The van der Waals surface area contributed by atoms with E-state index in [1.807, 2.05) is 67.7 Å².